The van der Waals surface area contributed by atoms with Gasteiger partial charge in [-0.3, -0.25) is 14.4 Å². The minimum atomic E-state index is -4.49. The molecule has 0 unspecified atom stereocenters. The molecule has 2 aliphatic heterocycles. The second kappa shape index (κ2) is 7.39. The highest BCUT2D eigenvalue weighted by atomic mass is 19.4. The number of halogens is 3. The van der Waals surface area contributed by atoms with Crippen LogP contribution in [-0.4, -0.2) is 58.2 Å². The molecule has 2 aliphatic rings. The lowest BCUT2D eigenvalue weighted by Crippen LogP contribution is -2.66. The fraction of sp³-hybridized carbons (Fsp3) is 0.389. The molecule has 0 aromatic heterocycles. The maximum atomic E-state index is 12.9. The standard InChI is InChI=1S/C18H17F3N2O6/c19-18(20,21)11-3-1-10(2-4-11)7-23-16(28)14(15(27)22-6-13(25)26)12(24)5-17(23)8-29-9-17/h1-4,24H,5-9H2,(H,22,27)(H,25,26). The summed E-state index contributed by atoms with van der Waals surface area (Å²) in [5.41, 5.74) is -1.94. The Labute approximate surface area is 162 Å². The van der Waals surface area contributed by atoms with Crippen LogP contribution in [0.4, 0.5) is 13.2 Å². The number of aliphatic hydroxyl groups is 1. The zero-order chi connectivity index (χ0) is 21.4. The van der Waals surface area contributed by atoms with E-state index >= 15 is 0 Å². The first kappa shape index (κ1) is 20.6. The van der Waals surface area contributed by atoms with Crippen LogP contribution in [0.15, 0.2) is 35.6 Å². The second-order valence-corrected chi connectivity index (χ2v) is 6.88. The fourth-order valence-electron chi connectivity index (χ4n) is 3.26. The van der Waals surface area contributed by atoms with E-state index < -0.39 is 52.9 Å². The van der Waals surface area contributed by atoms with Gasteiger partial charge in [-0.2, -0.15) is 13.2 Å². The first-order valence-electron chi connectivity index (χ1n) is 8.51. The molecule has 11 heteroatoms. The molecular weight excluding hydrogens is 397 g/mol. The van der Waals surface area contributed by atoms with Crippen LogP contribution < -0.4 is 5.32 Å². The predicted molar refractivity (Wildman–Crippen MR) is 90.5 cm³/mol. The van der Waals surface area contributed by atoms with Gasteiger partial charge in [-0.1, -0.05) is 12.1 Å². The topological polar surface area (TPSA) is 116 Å². The SMILES string of the molecule is O=C(O)CNC(=O)C1=C(O)CC2(COC2)N(Cc2ccc(C(F)(F)F)cc2)C1=O. The molecule has 0 bridgehead atoms. The van der Waals surface area contributed by atoms with E-state index in [1.54, 1.807) is 0 Å². The summed E-state index contributed by atoms with van der Waals surface area (Å²) in [5.74, 6) is -3.70. The van der Waals surface area contributed by atoms with Crippen LogP contribution >= 0.6 is 0 Å². The third-order valence-electron chi connectivity index (χ3n) is 4.81. The van der Waals surface area contributed by atoms with E-state index in [1.807, 2.05) is 5.32 Å². The summed E-state index contributed by atoms with van der Waals surface area (Å²) < 4.78 is 43.4. The van der Waals surface area contributed by atoms with E-state index in [0.29, 0.717) is 5.56 Å². The van der Waals surface area contributed by atoms with Crippen LogP contribution in [0.2, 0.25) is 0 Å². The van der Waals surface area contributed by atoms with Gasteiger partial charge < -0.3 is 25.2 Å². The molecule has 0 aliphatic carbocycles. The summed E-state index contributed by atoms with van der Waals surface area (Å²) in [7, 11) is 0. The lowest BCUT2D eigenvalue weighted by Gasteiger charge is -2.51. The summed E-state index contributed by atoms with van der Waals surface area (Å²) >= 11 is 0. The minimum Gasteiger partial charge on any atom is -0.511 e. The Hall–Kier alpha value is -3.08. The first-order chi connectivity index (χ1) is 13.5. The van der Waals surface area contributed by atoms with E-state index in [2.05, 4.69) is 0 Å². The highest BCUT2D eigenvalue weighted by Gasteiger charge is 2.52. The number of carboxylic acid groups (broad SMARTS) is 1. The van der Waals surface area contributed by atoms with Crippen LogP contribution in [0.5, 0.6) is 0 Å². The molecule has 0 atom stereocenters. The van der Waals surface area contributed by atoms with Gasteiger partial charge in [0.2, 0.25) is 0 Å². The highest BCUT2D eigenvalue weighted by Crippen LogP contribution is 2.38. The minimum absolute atomic E-state index is 0.0881. The lowest BCUT2D eigenvalue weighted by molar-refractivity contribution is -0.172. The zero-order valence-electron chi connectivity index (χ0n) is 15.0. The fourth-order valence-corrected chi connectivity index (χ4v) is 3.26. The van der Waals surface area contributed by atoms with Gasteiger partial charge in [0, 0.05) is 13.0 Å². The molecule has 1 spiro atoms. The Bertz CT molecular complexity index is 875. The molecule has 3 N–H and O–H groups in total. The van der Waals surface area contributed by atoms with Crippen molar-refractivity contribution in [2.75, 3.05) is 19.8 Å². The Morgan fingerprint density at radius 1 is 1.21 bits per heavy atom. The normalized spacial score (nSPS) is 18.6. The lowest BCUT2D eigenvalue weighted by atomic mass is 9.83. The van der Waals surface area contributed by atoms with E-state index in [-0.39, 0.29) is 26.2 Å². The summed E-state index contributed by atoms with van der Waals surface area (Å²) in [5, 5.41) is 20.9. The van der Waals surface area contributed by atoms with Gasteiger partial charge in [0.05, 0.1) is 24.3 Å². The van der Waals surface area contributed by atoms with Crippen molar-refractivity contribution in [2.45, 2.75) is 24.7 Å². The summed E-state index contributed by atoms with van der Waals surface area (Å²) in [6.45, 7) is -0.666. The Kier molecular flexibility index (Phi) is 5.26. The predicted octanol–water partition coefficient (Wildman–Crippen LogP) is 1.22. The molecule has 1 saturated heterocycles. The molecule has 8 nitrogen and oxygen atoms in total. The molecule has 2 amide bonds. The van der Waals surface area contributed by atoms with Crippen molar-refractivity contribution in [3.8, 4) is 0 Å². The summed E-state index contributed by atoms with van der Waals surface area (Å²) in [6, 6.07) is 4.24. The number of hydrogen-bond donors (Lipinski definition) is 3. The van der Waals surface area contributed by atoms with E-state index in [1.165, 1.54) is 17.0 Å². The number of carboxylic acids is 1. The molecule has 29 heavy (non-hydrogen) atoms. The maximum absolute atomic E-state index is 12.9. The van der Waals surface area contributed by atoms with Crippen LogP contribution in [0.25, 0.3) is 0 Å². The van der Waals surface area contributed by atoms with Crippen molar-refractivity contribution in [3.63, 3.8) is 0 Å². The number of aliphatic hydroxyl groups excluding tert-OH is 1. The van der Waals surface area contributed by atoms with Crippen molar-refractivity contribution in [2.24, 2.45) is 0 Å². The van der Waals surface area contributed by atoms with E-state index in [0.717, 1.165) is 12.1 Å². The van der Waals surface area contributed by atoms with Gasteiger partial charge in [-0.05, 0) is 17.7 Å². The number of ether oxygens (including phenoxy) is 1. The number of carbonyl (C=O) groups is 3. The van der Waals surface area contributed by atoms with Crippen molar-refractivity contribution in [3.05, 3.63) is 46.7 Å². The second-order valence-electron chi connectivity index (χ2n) is 6.88. The molecule has 156 valence electrons. The highest BCUT2D eigenvalue weighted by molar-refractivity contribution is 6.19. The molecule has 0 radical (unpaired) electrons. The van der Waals surface area contributed by atoms with Gasteiger partial charge in [-0.15, -0.1) is 0 Å². The summed E-state index contributed by atoms with van der Waals surface area (Å²) in [6.07, 6.45) is -4.58. The smallest absolute Gasteiger partial charge is 0.416 e. The van der Waals surface area contributed by atoms with Gasteiger partial charge >= 0.3 is 12.1 Å². The van der Waals surface area contributed by atoms with Crippen LogP contribution in [-0.2, 0) is 31.8 Å². The van der Waals surface area contributed by atoms with E-state index in [9.17, 15) is 32.7 Å². The summed E-state index contributed by atoms with van der Waals surface area (Å²) in [4.78, 5) is 37.0. The van der Waals surface area contributed by atoms with Crippen molar-refractivity contribution < 1.29 is 42.5 Å². The third-order valence-corrected chi connectivity index (χ3v) is 4.81. The van der Waals surface area contributed by atoms with Gasteiger partial charge in [0.1, 0.15) is 17.9 Å². The van der Waals surface area contributed by atoms with Crippen LogP contribution in [0.3, 0.4) is 0 Å². The quantitative estimate of drug-likeness (QED) is 0.624. The number of alkyl halides is 3. The Morgan fingerprint density at radius 2 is 1.83 bits per heavy atom. The Morgan fingerprint density at radius 3 is 2.31 bits per heavy atom. The first-order valence-corrected chi connectivity index (χ1v) is 8.51. The van der Waals surface area contributed by atoms with Gasteiger partial charge in [0.15, 0.2) is 0 Å². The number of hydrogen-bond acceptors (Lipinski definition) is 5. The molecule has 0 saturated carbocycles. The number of nitrogens with zero attached hydrogens (tertiary/aromatic N) is 1. The number of rotatable bonds is 5. The molecule has 1 aromatic carbocycles. The number of benzene rings is 1. The monoisotopic (exact) mass is 414 g/mol. The number of amides is 2. The average molecular weight is 414 g/mol. The van der Waals surface area contributed by atoms with Gasteiger partial charge in [0.25, 0.3) is 11.8 Å². The molecule has 1 aromatic rings. The zero-order valence-corrected chi connectivity index (χ0v) is 15.0. The Balaban J connectivity index is 1.85. The molecular formula is C18H17F3N2O6. The molecule has 1 fully saturated rings. The van der Waals surface area contributed by atoms with Crippen molar-refractivity contribution in [1.82, 2.24) is 10.2 Å². The number of nitrogens with one attached hydrogen (secondary N) is 1. The number of aliphatic carboxylic acids is 1. The number of carbonyl (C=O) groups excluding carboxylic acids is 2. The maximum Gasteiger partial charge on any atom is 0.416 e. The van der Waals surface area contributed by atoms with Gasteiger partial charge in [-0.25, -0.2) is 0 Å². The van der Waals surface area contributed by atoms with Crippen molar-refractivity contribution >= 4 is 17.8 Å². The molecule has 3 rings (SSSR count). The molecule has 2 heterocycles. The average Bonchev–Trinajstić information content (AvgIpc) is 2.60. The van der Waals surface area contributed by atoms with E-state index in [4.69, 9.17) is 9.84 Å². The van der Waals surface area contributed by atoms with Crippen LogP contribution in [0, 0.1) is 0 Å². The third kappa shape index (κ3) is 4.04. The van der Waals surface area contributed by atoms with Crippen LogP contribution in [0.1, 0.15) is 17.5 Å². The van der Waals surface area contributed by atoms with Crippen molar-refractivity contribution in [1.29, 1.82) is 0 Å². The largest absolute Gasteiger partial charge is 0.511 e.